The van der Waals surface area contributed by atoms with E-state index in [4.69, 9.17) is 22.1 Å². The Bertz CT molecular complexity index is 740. The molecule has 0 bridgehead atoms. The first-order valence-electron chi connectivity index (χ1n) is 7.36. The van der Waals surface area contributed by atoms with Gasteiger partial charge in [0.05, 0.1) is 0 Å². The summed E-state index contributed by atoms with van der Waals surface area (Å²) in [6.07, 6.45) is 2.03. The zero-order valence-electron chi connectivity index (χ0n) is 12.7. The van der Waals surface area contributed by atoms with Gasteiger partial charge in [-0.3, -0.25) is 0 Å². The molecule has 23 heavy (non-hydrogen) atoms. The lowest BCUT2D eigenvalue weighted by Gasteiger charge is -2.14. The molecule has 0 spiro atoms. The van der Waals surface area contributed by atoms with E-state index in [-0.39, 0.29) is 6.04 Å². The van der Waals surface area contributed by atoms with Crippen LogP contribution in [-0.4, -0.2) is 0 Å². The van der Waals surface area contributed by atoms with Gasteiger partial charge < -0.3 is 10.5 Å². The number of thiol groups is 1. The van der Waals surface area contributed by atoms with Crippen molar-refractivity contribution in [3.63, 3.8) is 0 Å². The van der Waals surface area contributed by atoms with E-state index in [1.54, 1.807) is 0 Å². The molecule has 0 fully saturated rings. The molecule has 0 aliphatic carbocycles. The summed E-state index contributed by atoms with van der Waals surface area (Å²) in [6, 6.07) is 15.9. The van der Waals surface area contributed by atoms with Gasteiger partial charge in [0.25, 0.3) is 0 Å². The maximum atomic E-state index is 6.29. The van der Waals surface area contributed by atoms with Crippen molar-refractivity contribution in [2.24, 2.45) is 5.73 Å². The summed E-state index contributed by atoms with van der Waals surface area (Å²) in [5, 5.41) is 5.01. The van der Waals surface area contributed by atoms with Crippen LogP contribution in [0.5, 0.6) is 0 Å². The quantitative estimate of drug-likeness (QED) is 0.738. The third-order valence-electron chi connectivity index (χ3n) is 3.60. The molecule has 2 nitrogen and oxygen atoms in total. The zero-order valence-corrected chi connectivity index (χ0v) is 14.3. The summed E-state index contributed by atoms with van der Waals surface area (Å²) in [7, 11) is -0.521. The molecule has 1 radical (unpaired) electrons. The molecule has 2 N–H and O–H groups in total. The summed E-state index contributed by atoms with van der Waals surface area (Å²) >= 11 is 6.29. The van der Waals surface area contributed by atoms with E-state index >= 15 is 0 Å². The fourth-order valence-corrected chi connectivity index (χ4v) is 4.41. The SMILES string of the molecule is [CH2]C(N)c1ccc([SH]2C=CC(OCc3ccccc3)=C2)cc1Cl. The number of hydrogen-bond donors (Lipinski definition) is 2. The number of allylic oxidation sites excluding steroid dienone is 1. The molecule has 2 unspecified atom stereocenters. The molecule has 1 aliphatic rings. The summed E-state index contributed by atoms with van der Waals surface area (Å²) in [4.78, 5) is 1.18. The number of benzene rings is 2. The molecule has 2 aromatic carbocycles. The Balaban J connectivity index is 1.68. The minimum Gasteiger partial charge on any atom is -0.488 e. The molecule has 119 valence electrons. The predicted molar refractivity (Wildman–Crippen MR) is 99.4 cm³/mol. The van der Waals surface area contributed by atoms with Crippen molar-refractivity contribution in [1.82, 2.24) is 0 Å². The van der Waals surface area contributed by atoms with Crippen molar-refractivity contribution in [1.29, 1.82) is 0 Å². The van der Waals surface area contributed by atoms with E-state index in [1.807, 2.05) is 36.4 Å². The Morgan fingerprint density at radius 3 is 2.65 bits per heavy atom. The Hall–Kier alpha value is -1.68. The zero-order chi connectivity index (χ0) is 16.2. The molecule has 4 heteroatoms. The number of ether oxygens (including phenoxy) is 1. The van der Waals surface area contributed by atoms with E-state index in [0.717, 1.165) is 16.9 Å². The fourth-order valence-electron chi connectivity index (χ4n) is 2.34. The first-order valence-corrected chi connectivity index (χ1v) is 9.22. The highest BCUT2D eigenvalue weighted by molar-refractivity contribution is 8.22. The molecular formula is C19H19ClNOS. The van der Waals surface area contributed by atoms with Gasteiger partial charge in [-0.15, -0.1) is 0 Å². The molecule has 1 aliphatic heterocycles. The first kappa shape index (κ1) is 16.2. The van der Waals surface area contributed by atoms with Crippen molar-refractivity contribution in [2.45, 2.75) is 17.5 Å². The van der Waals surface area contributed by atoms with Gasteiger partial charge in [0.15, 0.2) is 0 Å². The Kier molecular flexibility index (Phi) is 5.11. The highest BCUT2D eigenvalue weighted by Crippen LogP contribution is 2.45. The maximum Gasteiger partial charge on any atom is 0.125 e. The topological polar surface area (TPSA) is 35.2 Å². The van der Waals surface area contributed by atoms with Gasteiger partial charge >= 0.3 is 0 Å². The van der Waals surface area contributed by atoms with Crippen LogP contribution in [-0.2, 0) is 11.3 Å². The number of rotatable bonds is 5. The van der Waals surface area contributed by atoms with Crippen molar-refractivity contribution < 1.29 is 4.74 Å². The van der Waals surface area contributed by atoms with Gasteiger partial charge in [0.2, 0.25) is 0 Å². The van der Waals surface area contributed by atoms with Crippen LogP contribution in [0.3, 0.4) is 0 Å². The van der Waals surface area contributed by atoms with Crippen molar-refractivity contribution in [2.75, 3.05) is 0 Å². The second-order valence-electron chi connectivity index (χ2n) is 5.34. The average molecular weight is 345 g/mol. The van der Waals surface area contributed by atoms with E-state index in [9.17, 15) is 0 Å². The third kappa shape index (κ3) is 3.99. The minimum absolute atomic E-state index is 0.302. The second-order valence-corrected chi connectivity index (χ2v) is 7.64. The van der Waals surface area contributed by atoms with E-state index in [2.05, 4.69) is 35.9 Å². The second kappa shape index (κ2) is 7.26. The van der Waals surface area contributed by atoms with Gasteiger partial charge in [0.1, 0.15) is 12.4 Å². The highest BCUT2D eigenvalue weighted by Gasteiger charge is 2.12. The summed E-state index contributed by atoms with van der Waals surface area (Å²) in [5.41, 5.74) is 7.83. The Morgan fingerprint density at radius 1 is 1.17 bits per heavy atom. The lowest BCUT2D eigenvalue weighted by atomic mass is 10.1. The molecule has 2 aromatic rings. The highest BCUT2D eigenvalue weighted by atomic mass is 35.5. The molecule has 2 atom stereocenters. The van der Waals surface area contributed by atoms with Gasteiger partial charge in [-0.05, 0) is 46.6 Å². The van der Waals surface area contributed by atoms with Crippen LogP contribution in [0.4, 0.5) is 0 Å². The number of nitrogens with two attached hydrogens (primary N) is 1. The third-order valence-corrected chi connectivity index (χ3v) is 5.80. The van der Waals surface area contributed by atoms with Gasteiger partial charge in [-0.25, -0.2) is 0 Å². The van der Waals surface area contributed by atoms with E-state index in [1.165, 1.54) is 4.90 Å². The average Bonchev–Trinajstić information content (AvgIpc) is 3.02. The van der Waals surface area contributed by atoms with Crippen LogP contribution in [0.15, 0.2) is 76.1 Å². The minimum atomic E-state index is -0.521. The van der Waals surface area contributed by atoms with Crippen LogP contribution >= 0.6 is 22.5 Å². The smallest absolute Gasteiger partial charge is 0.125 e. The number of halogens is 1. The lowest BCUT2D eigenvalue weighted by Crippen LogP contribution is -2.05. The van der Waals surface area contributed by atoms with E-state index in [0.29, 0.717) is 11.6 Å². The van der Waals surface area contributed by atoms with Gasteiger partial charge in [-0.2, -0.15) is 10.9 Å². The van der Waals surface area contributed by atoms with Gasteiger partial charge in [-0.1, -0.05) is 48.0 Å². The fraction of sp³-hybridized carbons (Fsp3) is 0.105. The Labute approximate surface area is 145 Å². The van der Waals surface area contributed by atoms with Gasteiger partial charge in [0, 0.05) is 16.5 Å². The Morgan fingerprint density at radius 2 is 1.96 bits per heavy atom. The molecule has 0 saturated carbocycles. The number of hydrogen-bond acceptors (Lipinski definition) is 2. The normalized spacial score (nSPS) is 19.4. The monoisotopic (exact) mass is 344 g/mol. The molecule has 0 aromatic heterocycles. The largest absolute Gasteiger partial charge is 0.488 e. The van der Waals surface area contributed by atoms with Crippen LogP contribution in [0.2, 0.25) is 5.02 Å². The summed E-state index contributed by atoms with van der Waals surface area (Å²) < 4.78 is 5.86. The molecular weight excluding hydrogens is 326 g/mol. The predicted octanol–water partition coefficient (Wildman–Crippen LogP) is 5.12. The van der Waals surface area contributed by atoms with E-state index < -0.39 is 10.9 Å². The summed E-state index contributed by atoms with van der Waals surface area (Å²) in [5.74, 6) is 0.911. The van der Waals surface area contributed by atoms with Crippen molar-refractivity contribution in [3.05, 3.63) is 94.3 Å². The molecule has 1 heterocycles. The molecule has 3 rings (SSSR count). The first-order chi connectivity index (χ1) is 11.1. The van der Waals surface area contributed by atoms with Crippen LogP contribution in [0.1, 0.15) is 17.2 Å². The van der Waals surface area contributed by atoms with Crippen LogP contribution in [0.25, 0.3) is 0 Å². The summed E-state index contributed by atoms with van der Waals surface area (Å²) in [6.45, 7) is 4.39. The van der Waals surface area contributed by atoms with Crippen molar-refractivity contribution in [3.8, 4) is 0 Å². The standard InChI is InChI=1S/C19H19ClNOS/c1-14(21)18-8-7-17(11-19(18)20)23-10-9-16(13-23)22-12-15-5-3-2-4-6-15/h2-11,13-14,23H,1,12,21H2. The maximum absolute atomic E-state index is 6.29. The van der Waals surface area contributed by atoms with Crippen LogP contribution in [0, 0.1) is 6.92 Å². The lowest BCUT2D eigenvalue weighted by molar-refractivity contribution is 0.212. The van der Waals surface area contributed by atoms with Crippen LogP contribution < -0.4 is 5.73 Å². The molecule has 0 saturated heterocycles. The van der Waals surface area contributed by atoms with Crippen molar-refractivity contribution >= 4 is 22.5 Å². The molecule has 0 amide bonds.